The number of benzene rings is 1. The Balaban J connectivity index is 1.90. The molecule has 2 aliphatic rings. The van der Waals surface area contributed by atoms with E-state index in [1.54, 1.807) is 19.1 Å². The van der Waals surface area contributed by atoms with Gasteiger partial charge in [-0.05, 0) is 37.8 Å². The molecule has 0 spiro atoms. The Labute approximate surface area is 154 Å². The number of ether oxygens (including phenoxy) is 4. The SMILES string of the molecule is CCOC(=O)C(C)N1C(=O)S/C(=C\c2cc3c(cc2OC)OCO3)C1=O. The molecule has 138 valence electrons. The van der Waals surface area contributed by atoms with Crippen molar-refractivity contribution in [3.05, 3.63) is 22.6 Å². The summed E-state index contributed by atoms with van der Waals surface area (Å²) in [6.07, 6.45) is 1.53. The molecule has 2 amide bonds. The summed E-state index contributed by atoms with van der Waals surface area (Å²) in [4.78, 5) is 37.8. The second kappa shape index (κ2) is 7.28. The van der Waals surface area contributed by atoms with Crippen molar-refractivity contribution in [1.82, 2.24) is 4.90 Å². The van der Waals surface area contributed by atoms with Crippen molar-refractivity contribution < 1.29 is 33.3 Å². The molecule has 8 nitrogen and oxygen atoms in total. The van der Waals surface area contributed by atoms with Crippen LogP contribution in [0, 0.1) is 0 Å². The number of hydrogen-bond acceptors (Lipinski definition) is 8. The highest BCUT2D eigenvalue weighted by molar-refractivity contribution is 8.18. The van der Waals surface area contributed by atoms with Crippen LogP contribution >= 0.6 is 11.8 Å². The average Bonchev–Trinajstić information content (AvgIpc) is 3.17. The van der Waals surface area contributed by atoms with Gasteiger partial charge >= 0.3 is 5.97 Å². The van der Waals surface area contributed by atoms with Gasteiger partial charge in [-0.3, -0.25) is 14.5 Å². The van der Waals surface area contributed by atoms with Crippen molar-refractivity contribution >= 4 is 35.0 Å². The van der Waals surface area contributed by atoms with Gasteiger partial charge < -0.3 is 18.9 Å². The van der Waals surface area contributed by atoms with Crippen LogP contribution in [0.5, 0.6) is 17.2 Å². The molecule has 1 aromatic carbocycles. The maximum absolute atomic E-state index is 12.6. The summed E-state index contributed by atoms with van der Waals surface area (Å²) in [5.74, 6) is 0.357. The smallest absolute Gasteiger partial charge is 0.329 e. The molecule has 1 saturated heterocycles. The van der Waals surface area contributed by atoms with Gasteiger partial charge in [0, 0.05) is 11.6 Å². The first-order chi connectivity index (χ1) is 12.5. The Hall–Kier alpha value is -2.68. The quantitative estimate of drug-likeness (QED) is 0.569. The molecule has 9 heteroatoms. The highest BCUT2D eigenvalue weighted by atomic mass is 32.2. The number of esters is 1. The summed E-state index contributed by atoms with van der Waals surface area (Å²) in [5, 5.41) is -0.526. The van der Waals surface area contributed by atoms with E-state index in [0.29, 0.717) is 22.8 Å². The zero-order valence-electron chi connectivity index (χ0n) is 14.4. The highest BCUT2D eigenvalue weighted by Crippen LogP contribution is 2.41. The minimum absolute atomic E-state index is 0.107. The Morgan fingerprint density at radius 3 is 2.69 bits per heavy atom. The molecule has 0 bridgehead atoms. The lowest BCUT2D eigenvalue weighted by atomic mass is 10.1. The third-order valence-corrected chi connectivity index (χ3v) is 4.73. The van der Waals surface area contributed by atoms with Crippen LogP contribution in [0.25, 0.3) is 6.08 Å². The molecule has 0 aromatic heterocycles. The first kappa shape index (κ1) is 18.1. The summed E-state index contributed by atoms with van der Waals surface area (Å²) in [5.41, 5.74) is 0.561. The van der Waals surface area contributed by atoms with Crippen LogP contribution in [0.4, 0.5) is 4.79 Å². The van der Waals surface area contributed by atoms with Gasteiger partial charge in [0.05, 0.1) is 18.6 Å². The molecular formula is C17H17NO7S. The summed E-state index contributed by atoms with van der Waals surface area (Å²) < 4.78 is 20.8. The van der Waals surface area contributed by atoms with Crippen molar-refractivity contribution in [2.75, 3.05) is 20.5 Å². The lowest BCUT2D eigenvalue weighted by molar-refractivity contribution is -0.150. The molecule has 1 fully saturated rings. The van der Waals surface area contributed by atoms with Crippen molar-refractivity contribution in [1.29, 1.82) is 0 Å². The summed E-state index contributed by atoms with van der Waals surface area (Å²) in [6, 6.07) is 2.33. The molecule has 26 heavy (non-hydrogen) atoms. The first-order valence-corrected chi connectivity index (χ1v) is 8.69. The van der Waals surface area contributed by atoms with Crippen molar-refractivity contribution in [2.45, 2.75) is 19.9 Å². The number of rotatable bonds is 5. The molecule has 0 aliphatic carbocycles. The topological polar surface area (TPSA) is 91.4 Å². The first-order valence-electron chi connectivity index (χ1n) is 7.87. The molecule has 3 rings (SSSR count). The lowest BCUT2D eigenvalue weighted by Gasteiger charge is -2.19. The second-order valence-corrected chi connectivity index (χ2v) is 6.42. The Morgan fingerprint density at radius 1 is 1.35 bits per heavy atom. The fourth-order valence-electron chi connectivity index (χ4n) is 2.55. The number of fused-ring (bicyclic) bond motifs is 1. The minimum Gasteiger partial charge on any atom is -0.496 e. The molecular weight excluding hydrogens is 362 g/mol. The van der Waals surface area contributed by atoms with E-state index in [2.05, 4.69) is 0 Å². The van der Waals surface area contributed by atoms with Gasteiger partial charge in [-0.1, -0.05) is 0 Å². The maximum Gasteiger partial charge on any atom is 0.329 e. The van der Waals surface area contributed by atoms with Gasteiger partial charge in [0.25, 0.3) is 11.1 Å². The number of nitrogens with zero attached hydrogens (tertiary/aromatic N) is 1. The van der Waals surface area contributed by atoms with Crippen molar-refractivity contribution in [3.63, 3.8) is 0 Å². The van der Waals surface area contributed by atoms with Gasteiger partial charge in [0.2, 0.25) is 6.79 Å². The number of hydrogen-bond donors (Lipinski definition) is 0. The van der Waals surface area contributed by atoms with Crippen LogP contribution < -0.4 is 14.2 Å². The molecule has 1 atom stereocenters. The van der Waals surface area contributed by atoms with E-state index in [4.69, 9.17) is 18.9 Å². The summed E-state index contributed by atoms with van der Waals surface area (Å²) in [7, 11) is 1.49. The van der Waals surface area contributed by atoms with Gasteiger partial charge in [-0.15, -0.1) is 0 Å². The van der Waals surface area contributed by atoms with E-state index >= 15 is 0 Å². The van der Waals surface area contributed by atoms with E-state index in [9.17, 15) is 14.4 Å². The molecule has 0 N–H and O–H groups in total. The van der Waals surface area contributed by atoms with Gasteiger partial charge in [-0.2, -0.15) is 0 Å². The van der Waals surface area contributed by atoms with Crippen molar-refractivity contribution in [2.24, 2.45) is 0 Å². The third-order valence-electron chi connectivity index (χ3n) is 3.85. The fourth-order valence-corrected chi connectivity index (χ4v) is 3.45. The number of carbonyl (C=O) groups is 3. The number of methoxy groups -OCH3 is 1. The highest BCUT2D eigenvalue weighted by Gasteiger charge is 2.41. The number of amides is 2. The zero-order chi connectivity index (χ0) is 18.8. The zero-order valence-corrected chi connectivity index (χ0v) is 15.3. The minimum atomic E-state index is -0.994. The lowest BCUT2D eigenvalue weighted by Crippen LogP contribution is -2.42. The van der Waals surface area contributed by atoms with Crippen LogP contribution in [-0.2, 0) is 14.3 Å². The standard InChI is InChI=1S/C17H17NO7S/c1-4-23-16(20)9(2)18-15(19)14(26-17(18)21)6-10-5-12-13(25-8-24-12)7-11(10)22-3/h5-7,9H,4,8H2,1-3H3/b14-6-. The Kier molecular flexibility index (Phi) is 5.08. The molecule has 0 saturated carbocycles. The van der Waals surface area contributed by atoms with Gasteiger partial charge in [0.15, 0.2) is 11.5 Å². The van der Waals surface area contributed by atoms with Gasteiger partial charge in [0.1, 0.15) is 11.8 Å². The van der Waals surface area contributed by atoms with Crippen LogP contribution in [0.2, 0.25) is 0 Å². The molecule has 0 radical (unpaired) electrons. The monoisotopic (exact) mass is 379 g/mol. The van der Waals surface area contributed by atoms with E-state index < -0.39 is 23.2 Å². The van der Waals surface area contributed by atoms with E-state index in [1.165, 1.54) is 20.1 Å². The number of imide groups is 1. The molecule has 1 unspecified atom stereocenters. The van der Waals surface area contributed by atoms with Crippen LogP contribution in [-0.4, -0.2) is 48.6 Å². The normalized spacial score (nSPS) is 18.4. The third kappa shape index (κ3) is 3.22. The molecule has 1 aromatic rings. The molecule has 2 heterocycles. The molecule has 2 aliphatic heterocycles. The Bertz CT molecular complexity index is 805. The predicted octanol–water partition coefficient (Wildman–Crippen LogP) is 2.41. The van der Waals surface area contributed by atoms with E-state index in [1.807, 2.05) is 0 Å². The maximum atomic E-state index is 12.6. The summed E-state index contributed by atoms with van der Waals surface area (Å²) in [6.45, 7) is 3.39. The van der Waals surface area contributed by atoms with E-state index in [-0.39, 0.29) is 18.3 Å². The number of carbonyl (C=O) groups excluding carboxylic acids is 3. The second-order valence-electron chi connectivity index (χ2n) is 5.43. The predicted molar refractivity (Wildman–Crippen MR) is 93.0 cm³/mol. The summed E-state index contributed by atoms with van der Waals surface area (Å²) >= 11 is 0.756. The largest absolute Gasteiger partial charge is 0.496 e. The van der Waals surface area contributed by atoms with Crippen LogP contribution in [0.3, 0.4) is 0 Å². The van der Waals surface area contributed by atoms with Crippen LogP contribution in [0.15, 0.2) is 17.0 Å². The average molecular weight is 379 g/mol. The van der Waals surface area contributed by atoms with Crippen molar-refractivity contribution in [3.8, 4) is 17.2 Å². The van der Waals surface area contributed by atoms with Gasteiger partial charge in [-0.25, -0.2) is 4.79 Å². The Morgan fingerprint density at radius 2 is 2.04 bits per heavy atom. The fraction of sp³-hybridized carbons (Fsp3) is 0.353. The number of thioether (sulfide) groups is 1. The van der Waals surface area contributed by atoms with Crippen LogP contribution in [0.1, 0.15) is 19.4 Å². The van der Waals surface area contributed by atoms with E-state index in [0.717, 1.165) is 16.7 Å².